The molecule has 0 spiro atoms. The Morgan fingerprint density at radius 2 is 1.80 bits per heavy atom. The molecule has 5 rings (SSSR count). The van der Waals surface area contributed by atoms with E-state index in [0.29, 0.717) is 30.7 Å². The number of rotatable bonds is 8. The number of nitrogens with zero attached hydrogens (tertiary/aromatic N) is 4. The monoisotopic (exact) mass is 467 g/mol. The van der Waals surface area contributed by atoms with Gasteiger partial charge in [0.05, 0.1) is 32.8 Å². The molecule has 0 aliphatic carbocycles. The number of methoxy groups -OCH3 is 1. The van der Waals surface area contributed by atoms with Crippen molar-refractivity contribution in [1.82, 2.24) is 24.6 Å². The molecule has 3 aromatic carbocycles. The van der Waals surface area contributed by atoms with Gasteiger partial charge in [-0.2, -0.15) is 5.10 Å². The number of hydrogen-bond acceptors (Lipinski definition) is 5. The third-order valence-corrected chi connectivity index (χ3v) is 6.01. The minimum atomic E-state index is -0.141. The van der Waals surface area contributed by atoms with Crippen LogP contribution in [0.25, 0.3) is 21.8 Å². The summed E-state index contributed by atoms with van der Waals surface area (Å²) in [5, 5.41) is 9.93. The van der Waals surface area contributed by atoms with E-state index in [1.165, 1.54) is 0 Å². The Hall–Kier alpha value is -4.46. The van der Waals surface area contributed by atoms with Crippen molar-refractivity contribution < 1.29 is 9.53 Å². The number of ether oxygens (including phenoxy) is 1. The van der Waals surface area contributed by atoms with Crippen LogP contribution in [0.1, 0.15) is 11.1 Å². The molecule has 0 aliphatic rings. The molecule has 5 aromatic rings. The highest BCUT2D eigenvalue weighted by molar-refractivity contribution is 5.85. The SMILES string of the molecule is COc1ccc(CC(=O)NCCn2ncc3c(=O)n(Cc4cccc5ccccc45)cnc32)cc1. The molecule has 0 atom stereocenters. The molecule has 0 aliphatic heterocycles. The second kappa shape index (κ2) is 9.80. The summed E-state index contributed by atoms with van der Waals surface area (Å²) < 4.78 is 8.39. The van der Waals surface area contributed by atoms with Crippen molar-refractivity contribution in [2.45, 2.75) is 19.5 Å². The number of amides is 1. The maximum Gasteiger partial charge on any atom is 0.264 e. The lowest BCUT2D eigenvalue weighted by atomic mass is 10.0. The minimum Gasteiger partial charge on any atom is -0.497 e. The van der Waals surface area contributed by atoms with Crippen LogP contribution in [0.2, 0.25) is 0 Å². The second-order valence-electron chi connectivity index (χ2n) is 8.30. The number of aromatic nitrogens is 4. The van der Waals surface area contributed by atoms with Crippen molar-refractivity contribution in [2.75, 3.05) is 13.7 Å². The first kappa shape index (κ1) is 22.3. The molecular formula is C27H25N5O3. The first-order chi connectivity index (χ1) is 17.1. The van der Waals surface area contributed by atoms with E-state index in [1.807, 2.05) is 48.5 Å². The average molecular weight is 468 g/mol. The van der Waals surface area contributed by atoms with Crippen molar-refractivity contribution in [3.8, 4) is 5.75 Å². The zero-order chi connectivity index (χ0) is 24.2. The molecule has 0 saturated carbocycles. The summed E-state index contributed by atoms with van der Waals surface area (Å²) in [6.07, 6.45) is 3.39. The molecule has 35 heavy (non-hydrogen) atoms. The molecule has 0 saturated heterocycles. The van der Waals surface area contributed by atoms with Gasteiger partial charge in [-0.15, -0.1) is 0 Å². The van der Waals surface area contributed by atoms with Gasteiger partial charge in [-0.3, -0.25) is 14.2 Å². The van der Waals surface area contributed by atoms with Gasteiger partial charge in [0.25, 0.3) is 5.56 Å². The van der Waals surface area contributed by atoms with E-state index < -0.39 is 0 Å². The normalized spacial score (nSPS) is 11.1. The maximum atomic E-state index is 13.1. The Balaban J connectivity index is 1.25. The lowest BCUT2D eigenvalue weighted by Crippen LogP contribution is -2.29. The van der Waals surface area contributed by atoms with Crippen LogP contribution in [-0.2, 0) is 24.3 Å². The van der Waals surface area contributed by atoms with Crippen LogP contribution in [-0.4, -0.2) is 38.9 Å². The van der Waals surface area contributed by atoms with E-state index in [-0.39, 0.29) is 17.9 Å². The molecule has 0 unspecified atom stereocenters. The fourth-order valence-electron chi connectivity index (χ4n) is 4.18. The number of nitrogens with one attached hydrogen (secondary N) is 1. The lowest BCUT2D eigenvalue weighted by Gasteiger charge is -2.09. The summed E-state index contributed by atoms with van der Waals surface area (Å²) in [7, 11) is 1.61. The van der Waals surface area contributed by atoms with Gasteiger partial charge in [0.15, 0.2) is 5.65 Å². The van der Waals surface area contributed by atoms with Crippen molar-refractivity contribution >= 4 is 27.7 Å². The van der Waals surface area contributed by atoms with Crippen LogP contribution in [0.3, 0.4) is 0 Å². The number of hydrogen-bond donors (Lipinski definition) is 1. The molecule has 8 nitrogen and oxygen atoms in total. The zero-order valence-electron chi connectivity index (χ0n) is 19.3. The third kappa shape index (κ3) is 4.77. The van der Waals surface area contributed by atoms with Gasteiger partial charge in [0.2, 0.25) is 5.91 Å². The summed E-state index contributed by atoms with van der Waals surface area (Å²) in [5.74, 6) is 0.667. The van der Waals surface area contributed by atoms with Crippen LogP contribution in [0.4, 0.5) is 0 Å². The predicted octanol–water partition coefficient (Wildman–Crippen LogP) is 3.16. The van der Waals surface area contributed by atoms with Crippen LogP contribution in [0, 0.1) is 0 Å². The van der Waals surface area contributed by atoms with Crippen LogP contribution >= 0.6 is 0 Å². The third-order valence-electron chi connectivity index (χ3n) is 6.01. The van der Waals surface area contributed by atoms with Gasteiger partial charge in [-0.1, -0.05) is 54.6 Å². The van der Waals surface area contributed by atoms with E-state index in [2.05, 4.69) is 33.6 Å². The highest BCUT2D eigenvalue weighted by Crippen LogP contribution is 2.19. The van der Waals surface area contributed by atoms with E-state index in [1.54, 1.807) is 28.9 Å². The van der Waals surface area contributed by atoms with Crippen LogP contribution in [0.5, 0.6) is 5.75 Å². The summed E-state index contributed by atoms with van der Waals surface area (Å²) in [6, 6.07) is 21.6. The molecule has 1 N–H and O–H groups in total. The van der Waals surface area contributed by atoms with Gasteiger partial charge >= 0.3 is 0 Å². The van der Waals surface area contributed by atoms with Crippen molar-refractivity contribution in [1.29, 1.82) is 0 Å². The summed E-state index contributed by atoms with van der Waals surface area (Å²) in [4.78, 5) is 29.9. The Bertz CT molecular complexity index is 1550. The van der Waals surface area contributed by atoms with Gasteiger partial charge in [0, 0.05) is 6.54 Å². The highest BCUT2D eigenvalue weighted by Gasteiger charge is 2.12. The number of benzene rings is 3. The largest absolute Gasteiger partial charge is 0.497 e. The van der Waals surface area contributed by atoms with Crippen LogP contribution in [0.15, 0.2) is 84.0 Å². The summed E-state index contributed by atoms with van der Waals surface area (Å²) >= 11 is 0. The van der Waals surface area contributed by atoms with Crippen molar-refractivity contribution in [3.63, 3.8) is 0 Å². The van der Waals surface area contributed by atoms with Gasteiger partial charge in [-0.25, -0.2) is 9.67 Å². The quantitative estimate of drug-likeness (QED) is 0.379. The first-order valence-corrected chi connectivity index (χ1v) is 11.4. The smallest absolute Gasteiger partial charge is 0.264 e. The zero-order valence-corrected chi connectivity index (χ0v) is 19.3. The topological polar surface area (TPSA) is 91.0 Å². The first-order valence-electron chi connectivity index (χ1n) is 11.4. The van der Waals surface area contributed by atoms with Gasteiger partial charge < -0.3 is 10.1 Å². The fraction of sp³-hybridized carbons (Fsp3) is 0.185. The predicted molar refractivity (Wildman–Crippen MR) is 135 cm³/mol. The van der Waals surface area contributed by atoms with E-state index >= 15 is 0 Å². The maximum absolute atomic E-state index is 13.1. The van der Waals surface area contributed by atoms with E-state index in [9.17, 15) is 9.59 Å². The lowest BCUT2D eigenvalue weighted by molar-refractivity contribution is -0.120. The molecule has 2 aromatic heterocycles. The summed E-state index contributed by atoms with van der Waals surface area (Å²) in [6.45, 7) is 1.22. The number of carbonyl (C=O) groups is 1. The highest BCUT2D eigenvalue weighted by atomic mass is 16.5. The standard InChI is InChI=1S/C27H25N5O3/c1-35-22-11-9-19(10-12-22)15-25(33)28-13-14-32-26-24(16-30-32)27(34)31(18-29-26)17-21-7-4-6-20-5-2-3-8-23(20)21/h2-12,16,18H,13-15,17H2,1H3,(H,28,33). The molecule has 8 heteroatoms. The average Bonchev–Trinajstić information content (AvgIpc) is 3.30. The Labute approximate surface area is 201 Å². The number of fused-ring (bicyclic) bond motifs is 2. The molecule has 1 amide bonds. The van der Waals surface area contributed by atoms with Gasteiger partial charge in [0.1, 0.15) is 17.5 Å². The molecule has 0 bridgehead atoms. The molecular weight excluding hydrogens is 442 g/mol. The molecule has 2 heterocycles. The Morgan fingerprint density at radius 1 is 1.00 bits per heavy atom. The minimum absolute atomic E-state index is 0.0861. The summed E-state index contributed by atoms with van der Waals surface area (Å²) in [5.41, 5.74) is 2.32. The second-order valence-corrected chi connectivity index (χ2v) is 8.30. The Morgan fingerprint density at radius 3 is 2.63 bits per heavy atom. The van der Waals surface area contributed by atoms with Crippen LogP contribution < -0.4 is 15.6 Å². The molecule has 0 fully saturated rings. The van der Waals surface area contributed by atoms with Gasteiger partial charge in [-0.05, 0) is 34.0 Å². The van der Waals surface area contributed by atoms with E-state index in [0.717, 1.165) is 27.6 Å². The molecule has 0 radical (unpaired) electrons. The fourth-order valence-corrected chi connectivity index (χ4v) is 4.18. The number of carbonyl (C=O) groups excluding carboxylic acids is 1. The molecule has 176 valence electrons. The van der Waals surface area contributed by atoms with E-state index in [4.69, 9.17) is 4.74 Å². The van der Waals surface area contributed by atoms with Crippen molar-refractivity contribution in [2.24, 2.45) is 0 Å². The Kier molecular flexibility index (Phi) is 6.26. The van der Waals surface area contributed by atoms with Crippen molar-refractivity contribution in [3.05, 3.63) is 101 Å².